The van der Waals surface area contributed by atoms with E-state index in [1.807, 2.05) is 0 Å². The zero-order valence-corrected chi connectivity index (χ0v) is 20.6. The topological polar surface area (TPSA) is 0 Å². The van der Waals surface area contributed by atoms with Crippen molar-refractivity contribution < 1.29 is 0 Å². The van der Waals surface area contributed by atoms with Gasteiger partial charge in [0.15, 0.2) is 0 Å². The second-order valence-corrected chi connectivity index (χ2v) is 11.4. The van der Waals surface area contributed by atoms with Crippen molar-refractivity contribution in [3.8, 4) is 0 Å². The normalized spacial score (nSPS) is 11.0. The molecular formula is C30H35BP-. The molecule has 32 heavy (non-hydrogen) atoms. The van der Waals surface area contributed by atoms with Gasteiger partial charge in [-0.2, -0.15) is 21.9 Å². The third-order valence-electron chi connectivity index (χ3n) is 6.54. The quantitative estimate of drug-likeness (QED) is 0.261. The molecule has 0 aliphatic carbocycles. The van der Waals surface area contributed by atoms with Crippen LogP contribution in [0.15, 0.2) is 121 Å². The van der Waals surface area contributed by atoms with E-state index in [2.05, 4.69) is 142 Å². The van der Waals surface area contributed by atoms with Crippen LogP contribution >= 0.6 is 7.92 Å². The van der Waals surface area contributed by atoms with Gasteiger partial charge in [-0.3, -0.25) is 0 Å². The first-order valence-corrected chi connectivity index (χ1v) is 13.8. The Labute approximate surface area is 196 Å². The van der Waals surface area contributed by atoms with E-state index in [4.69, 9.17) is 0 Å². The van der Waals surface area contributed by atoms with E-state index < -0.39 is 6.15 Å². The fourth-order valence-electron chi connectivity index (χ4n) is 4.79. The van der Waals surface area contributed by atoms with Crippen LogP contribution in [0.5, 0.6) is 0 Å². The van der Waals surface area contributed by atoms with Crippen molar-refractivity contribution in [3.05, 3.63) is 121 Å². The molecule has 0 saturated heterocycles. The van der Waals surface area contributed by atoms with Gasteiger partial charge < -0.3 is 0 Å². The summed E-state index contributed by atoms with van der Waals surface area (Å²) in [4.78, 5) is 0. The number of rotatable bonds is 7. The van der Waals surface area contributed by atoms with Crippen molar-refractivity contribution in [2.24, 2.45) is 0 Å². The Balaban J connectivity index is 0.000000360. The van der Waals surface area contributed by atoms with Gasteiger partial charge in [-0.1, -0.05) is 142 Å². The summed E-state index contributed by atoms with van der Waals surface area (Å²) in [5.41, 5.74) is 5.36. The molecule has 0 spiro atoms. The van der Waals surface area contributed by atoms with Crippen molar-refractivity contribution in [2.45, 2.75) is 20.8 Å². The minimum atomic E-state index is -1.22. The standard InChI is InChI=1S/C24H20B.C6H15P/c1-5-13-21(14-6-1)25(22-15-7-2-8-16-22,23-17-9-3-10-18-23)24-19-11-4-12-20-24;1-4-7(5-2)6-3/h1-20H;4-6H2,1-3H3/q-1;. The first-order chi connectivity index (χ1) is 15.8. The van der Waals surface area contributed by atoms with Gasteiger partial charge >= 0.3 is 0 Å². The van der Waals surface area contributed by atoms with Gasteiger partial charge in [0, 0.05) is 0 Å². The van der Waals surface area contributed by atoms with E-state index in [0.29, 0.717) is 7.92 Å². The van der Waals surface area contributed by atoms with Crippen LogP contribution < -0.4 is 21.9 Å². The lowest BCUT2D eigenvalue weighted by molar-refractivity contribution is 1.35. The van der Waals surface area contributed by atoms with Crippen LogP contribution in [0.4, 0.5) is 0 Å². The van der Waals surface area contributed by atoms with Crippen LogP contribution in [0, 0.1) is 0 Å². The molecule has 164 valence electrons. The highest BCUT2D eigenvalue weighted by Crippen LogP contribution is 2.32. The van der Waals surface area contributed by atoms with Crippen LogP contribution in [0.2, 0.25) is 0 Å². The van der Waals surface area contributed by atoms with Crippen LogP contribution in [-0.2, 0) is 0 Å². The number of hydrogen-bond donors (Lipinski definition) is 0. The third kappa shape index (κ3) is 5.40. The molecule has 0 aliphatic heterocycles. The molecule has 0 heterocycles. The molecule has 0 N–H and O–H groups in total. The molecular weight excluding hydrogens is 402 g/mol. The Hall–Kier alpha value is -2.63. The van der Waals surface area contributed by atoms with Gasteiger partial charge in [-0.05, 0) is 18.5 Å². The summed E-state index contributed by atoms with van der Waals surface area (Å²) in [6.07, 6.45) is 3.04. The molecule has 2 heteroatoms. The molecule has 4 aromatic rings. The van der Waals surface area contributed by atoms with Crippen LogP contribution in [0.3, 0.4) is 0 Å². The summed E-state index contributed by atoms with van der Waals surface area (Å²) >= 11 is 0. The molecule has 0 aliphatic rings. The van der Waals surface area contributed by atoms with Gasteiger partial charge in [0.2, 0.25) is 0 Å². The summed E-state index contributed by atoms with van der Waals surface area (Å²) in [5.74, 6) is 0. The van der Waals surface area contributed by atoms with Gasteiger partial charge in [0.05, 0.1) is 0 Å². The Kier molecular flexibility index (Phi) is 9.33. The van der Waals surface area contributed by atoms with Crippen molar-refractivity contribution in [1.82, 2.24) is 0 Å². The SMILES string of the molecule is CCP(CC)CC.c1ccc([B-](c2ccccc2)(c2ccccc2)c2ccccc2)cc1. The van der Waals surface area contributed by atoms with Crippen molar-refractivity contribution in [3.63, 3.8) is 0 Å². The van der Waals surface area contributed by atoms with E-state index in [9.17, 15) is 0 Å². The smallest absolute Gasteiger partial charge is 0.108 e. The lowest BCUT2D eigenvalue weighted by Crippen LogP contribution is -2.74. The summed E-state index contributed by atoms with van der Waals surface area (Å²) in [5, 5.41) is 0. The largest absolute Gasteiger partial charge is 0.195 e. The summed E-state index contributed by atoms with van der Waals surface area (Å²) in [6, 6.07) is 43.5. The van der Waals surface area contributed by atoms with Crippen LogP contribution in [0.25, 0.3) is 0 Å². The maximum Gasteiger partial charge on any atom is 0.108 e. The maximum absolute atomic E-state index is 2.29. The van der Waals surface area contributed by atoms with Crippen molar-refractivity contribution >= 4 is 35.9 Å². The molecule has 4 aromatic carbocycles. The average molecular weight is 437 g/mol. The maximum atomic E-state index is 2.29. The molecule has 0 radical (unpaired) electrons. The molecule has 0 amide bonds. The Morgan fingerprint density at radius 1 is 0.406 bits per heavy atom. The molecule has 0 fully saturated rings. The Morgan fingerprint density at radius 2 is 0.625 bits per heavy atom. The van der Waals surface area contributed by atoms with Crippen LogP contribution in [0.1, 0.15) is 20.8 Å². The molecule has 0 atom stereocenters. The Bertz CT molecular complexity index is 844. The second-order valence-electron chi connectivity index (χ2n) is 8.13. The van der Waals surface area contributed by atoms with Gasteiger partial charge in [-0.25, -0.2) is 0 Å². The van der Waals surface area contributed by atoms with Gasteiger partial charge in [0.25, 0.3) is 0 Å². The highest BCUT2D eigenvalue weighted by Gasteiger charge is 2.30. The zero-order valence-electron chi connectivity index (χ0n) is 19.7. The monoisotopic (exact) mass is 437 g/mol. The zero-order chi connectivity index (χ0) is 22.7. The highest BCUT2D eigenvalue weighted by atomic mass is 31.1. The summed E-state index contributed by atoms with van der Waals surface area (Å²) in [7, 11) is 0.446. The first kappa shape index (κ1) is 24.0. The summed E-state index contributed by atoms with van der Waals surface area (Å²) < 4.78 is 0. The lowest BCUT2D eigenvalue weighted by Gasteiger charge is -2.44. The van der Waals surface area contributed by atoms with E-state index in [1.165, 1.54) is 40.3 Å². The molecule has 0 saturated carbocycles. The van der Waals surface area contributed by atoms with Crippen molar-refractivity contribution in [1.29, 1.82) is 0 Å². The predicted molar refractivity (Wildman–Crippen MR) is 149 cm³/mol. The lowest BCUT2D eigenvalue weighted by atomic mass is 9.13. The molecule has 0 bridgehead atoms. The van der Waals surface area contributed by atoms with Crippen molar-refractivity contribution in [2.75, 3.05) is 18.5 Å². The van der Waals surface area contributed by atoms with E-state index >= 15 is 0 Å². The molecule has 4 rings (SSSR count). The molecule has 0 aromatic heterocycles. The number of hydrogen-bond acceptors (Lipinski definition) is 0. The average Bonchev–Trinajstić information content (AvgIpc) is 2.89. The highest BCUT2D eigenvalue weighted by molar-refractivity contribution is 7.57. The van der Waals surface area contributed by atoms with E-state index in [-0.39, 0.29) is 0 Å². The second kappa shape index (κ2) is 12.4. The first-order valence-electron chi connectivity index (χ1n) is 11.9. The fourth-order valence-corrected chi connectivity index (χ4v) is 6.13. The summed E-state index contributed by atoms with van der Waals surface area (Å²) in [6.45, 7) is 6.87. The minimum Gasteiger partial charge on any atom is -0.195 e. The van der Waals surface area contributed by atoms with Gasteiger partial charge in [-0.15, -0.1) is 7.92 Å². The number of benzene rings is 4. The molecule has 0 nitrogen and oxygen atoms in total. The Morgan fingerprint density at radius 3 is 0.781 bits per heavy atom. The molecule has 0 unspecified atom stereocenters. The predicted octanol–water partition coefficient (Wildman–Crippen LogP) is 5.59. The fraction of sp³-hybridized carbons (Fsp3) is 0.200. The minimum absolute atomic E-state index is 0.446. The third-order valence-corrected chi connectivity index (χ3v) is 9.22. The van der Waals surface area contributed by atoms with E-state index in [0.717, 1.165) is 0 Å². The van der Waals surface area contributed by atoms with E-state index in [1.54, 1.807) is 0 Å². The van der Waals surface area contributed by atoms with Crippen LogP contribution in [-0.4, -0.2) is 24.6 Å². The van der Waals surface area contributed by atoms with Gasteiger partial charge in [0.1, 0.15) is 6.15 Å².